The minimum atomic E-state index is 1.21. The molecule has 0 aromatic carbocycles. The summed E-state index contributed by atoms with van der Waals surface area (Å²) in [5, 5.41) is 0. The Labute approximate surface area is 216 Å². The van der Waals surface area contributed by atoms with E-state index in [-0.39, 0.29) is 0 Å². The van der Waals surface area contributed by atoms with Crippen molar-refractivity contribution in [1.29, 1.82) is 0 Å². The third-order valence-corrected chi connectivity index (χ3v) is 8.60. The quantitative estimate of drug-likeness (QED) is 0.106. The number of piperazine rings is 1. The molecule has 1 fully saturated rings. The molecule has 34 heavy (non-hydrogen) atoms. The van der Waals surface area contributed by atoms with Crippen molar-refractivity contribution in [1.82, 2.24) is 4.90 Å². The van der Waals surface area contributed by atoms with Gasteiger partial charge in [-0.3, -0.25) is 4.90 Å². The third-order valence-electron chi connectivity index (χ3n) is 8.60. The zero-order chi connectivity index (χ0) is 25.0. The molecule has 3 nitrogen and oxygen atoms in total. The lowest BCUT2D eigenvalue weighted by atomic mass is 10.1. The number of nitrogens with zero attached hydrogens (tertiary/aromatic N) is 3. The van der Waals surface area contributed by atoms with E-state index in [4.69, 9.17) is 0 Å². The first-order chi connectivity index (χ1) is 16.4. The normalized spacial score (nSPS) is 16.9. The van der Waals surface area contributed by atoms with Gasteiger partial charge in [0.05, 0.1) is 53.9 Å². The molecule has 1 saturated heterocycles. The van der Waals surface area contributed by atoms with Crippen LogP contribution in [0.5, 0.6) is 0 Å². The van der Waals surface area contributed by atoms with Crippen molar-refractivity contribution in [2.24, 2.45) is 0 Å². The van der Waals surface area contributed by atoms with Gasteiger partial charge in [0.15, 0.2) is 0 Å². The maximum absolute atomic E-state index is 2.76. The van der Waals surface area contributed by atoms with Crippen LogP contribution in [0.25, 0.3) is 0 Å². The van der Waals surface area contributed by atoms with Crippen LogP contribution in [0.2, 0.25) is 0 Å². The maximum Gasteiger partial charge on any atom is 0.0914 e. The molecular weight excluding hydrogens is 414 g/mol. The fourth-order valence-electron chi connectivity index (χ4n) is 5.62. The van der Waals surface area contributed by atoms with E-state index >= 15 is 0 Å². The van der Waals surface area contributed by atoms with E-state index in [1.54, 1.807) is 0 Å². The highest BCUT2D eigenvalue weighted by atomic mass is 15.4. The van der Waals surface area contributed by atoms with E-state index in [1.165, 1.54) is 177 Å². The van der Waals surface area contributed by atoms with Gasteiger partial charge >= 0.3 is 0 Å². The summed E-state index contributed by atoms with van der Waals surface area (Å²) in [5.74, 6) is 0. The Hall–Kier alpha value is -0.120. The Bertz CT molecular complexity index is 440. The van der Waals surface area contributed by atoms with E-state index in [9.17, 15) is 0 Å². The number of hydrogen-bond donors (Lipinski definition) is 0. The molecule has 1 aliphatic heterocycles. The van der Waals surface area contributed by atoms with Gasteiger partial charge in [0.25, 0.3) is 0 Å². The van der Waals surface area contributed by atoms with Crippen LogP contribution in [-0.4, -0.2) is 87.4 Å². The summed E-state index contributed by atoms with van der Waals surface area (Å²) in [6.45, 7) is 15.3. The zero-order valence-corrected chi connectivity index (χ0v) is 24.7. The second-order valence-corrected chi connectivity index (χ2v) is 12.7. The van der Waals surface area contributed by atoms with Gasteiger partial charge in [-0.25, -0.2) is 0 Å². The van der Waals surface area contributed by atoms with E-state index < -0.39 is 0 Å². The van der Waals surface area contributed by atoms with E-state index in [1.807, 2.05) is 0 Å². The Morgan fingerprint density at radius 2 is 0.971 bits per heavy atom. The molecule has 1 aliphatic rings. The van der Waals surface area contributed by atoms with Crippen LogP contribution in [-0.2, 0) is 0 Å². The van der Waals surface area contributed by atoms with Crippen molar-refractivity contribution in [3.8, 4) is 0 Å². The van der Waals surface area contributed by atoms with Gasteiger partial charge in [-0.05, 0) is 25.7 Å². The second kappa shape index (κ2) is 20.0. The van der Waals surface area contributed by atoms with Crippen LogP contribution in [0.1, 0.15) is 129 Å². The first kappa shape index (κ1) is 31.9. The molecule has 0 saturated carbocycles. The SMILES string of the molecule is CCCCCCCCCCC[N+](C)(C)CCN1CC[N+](C)(CCCCCCCCCCC)CC1. The average Bonchev–Trinajstić information content (AvgIpc) is 2.82. The number of likely N-dealkylation sites (N-methyl/N-ethyl adjacent to an activating group) is 2. The minimum Gasteiger partial charge on any atom is -0.327 e. The van der Waals surface area contributed by atoms with Crippen molar-refractivity contribution in [2.45, 2.75) is 129 Å². The molecule has 1 rings (SSSR count). The van der Waals surface area contributed by atoms with Crippen molar-refractivity contribution < 1.29 is 8.97 Å². The van der Waals surface area contributed by atoms with Gasteiger partial charge in [0.2, 0.25) is 0 Å². The minimum absolute atomic E-state index is 1.21. The fraction of sp³-hybridized carbons (Fsp3) is 1.00. The highest BCUT2D eigenvalue weighted by Crippen LogP contribution is 2.16. The van der Waals surface area contributed by atoms with Crippen LogP contribution < -0.4 is 0 Å². The Kier molecular flexibility index (Phi) is 18.8. The Morgan fingerprint density at radius 3 is 1.44 bits per heavy atom. The van der Waals surface area contributed by atoms with Crippen LogP contribution in [0, 0.1) is 0 Å². The molecule has 1 heterocycles. The summed E-state index contributed by atoms with van der Waals surface area (Å²) in [7, 11) is 7.43. The molecular formula is C31H67N3+2. The number of unbranched alkanes of at least 4 members (excludes halogenated alkanes) is 16. The summed E-state index contributed by atoms with van der Waals surface area (Å²) in [5.41, 5.74) is 0. The molecule has 204 valence electrons. The maximum atomic E-state index is 2.76. The van der Waals surface area contributed by atoms with Crippen molar-refractivity contribution in [3.05, 3.63) is 0 Å². The highest BCUT2D eigenvalue weighted by molar-refractivity contribution is 4.63. The molecule has 0 radical (unpaired) electrons. The lowest BCUT2D eigenvalue weighted by Gasteiger charge is -2.43. The van der Waals surface area contributed by atoms with Gasteiger partial charge < -0.3 is 8.97 Å². The van der Waals surface area contributed by atoms with E-state index in [0.717, 1.165) is 0 Å². The predicted octanol–water partition coefficient (Wildman–Crippen LogP) is 7.89. The van der Waals surface area contributed by atoms with Gasteiger partial charge in [0, 0.05) is 19.6 Å². The molecule has 0 amide bonds. The van der Waals surface area contributed by atoms with Crippen LogP contribution in [0.4, 0.5) is 0 Å². The zero-order valence-electron chi connectivity index (χ0n) is 24.7. The smallest absolute Gasteiger partial charge is 0.0914 e. The second-order valence-electron chi connectivity index (χ2n) is 12.7. The van der Waals surface area contributed by atoms with Crippen LogP contribution in [0.3, 0.4) is 0 Å². The molecule has 0 aromatic rings. The summed E-state index contributed by atoms with van der Waals surface area (Å²) in [6, 6.07) is 0. The summed E-state index contributed by atoms with van der Waals surface area (Å²) < 4.78 is 2.53. The molecule has 3 heteroatoms. The number of rotatable bonds is 23. The number of hydrogen-bond acceptors (Lipinski definition) is 1. The summed E-state index contributed by atoms with van der Waals surface area (Å²) in [4.78, 5) is 2.76. The van der Waals surface area contributed by atoms with Gasteiger partial charge in [-0.2, -0.15) is 0 Å². The topological polar surface area (TPSA) is 3.24 Å². The third kappa shape index (κ3) is 17.3. The van der Waals surface area contributed by atoms with Crippen LogP contribution >= 0.6 is 0 Å². The molecule has 0 N–H and O–H groups in total. The monoisotopic (exact) mass is 482 g/mol. The molecule has 0 aliphatic carbocycles. The van der Waals surface area contributed by atoms with E-state index in [0.29, 0.717) is 0 Å². The first-order valence-electron chi connectivity index (χ1n) is 15.8. The molecule has 0 aromatic heterocycles. The summed E-state index contributed by atoms with van der Waals surface area (Å²) in [6.07, 6.45) is 25.9. The van der Waals surface area contributed by atoms with Gasteiger partial charge in [-0.1, -0.05) is 104 Å². The molecule has 0 spiro atoms. The molecule has 0 bridgehead atoms. The fourth-order valence-corrected chi connectivity index (χ4v) is 5.62. The van der Waals surface area contributed by atoms with E-state index in [2.05, 4.69) is 39.9 Å². The van der Waals surface area contributed by atoms with Crippen LogP contribution in [0.15, 0.2) is 0 Å². The van der Waals surface area contributed by atoms with Crippen molar-refractivity contribution >= 4 is 0 Å². The lowest BCUT2D eigenvalue weighted by molar-refractivity contribution is -0.914. The molecule has 0 atom stereocenters. The van der Waals surface area contributed by atoms with Gasteiger partial charge in [0.1, 0.15) is 0 Å². The molecule has 0 unspecified atom stereocenters. The highest BCUT2D eigenvalue weighted by Gasteiger charge is 2.29. The predicted molar refractivity (Wildman–Crippen MR) is 154 cm³/mol. The first-order valence-corrected chi connectivity index (χ1v) is 15.8. The largest absolute Gasteiger partial charge is 0.327 e. The standard InChI is InChI=1S/C31H67N3/c1-6-8-10-12-14-16-18-20-22-27-33(3,4)29-24-32-25-30-34(5,31-26-32)28-23-21-19-17-15-13-11-9-7-2/h6-31H2,1-5H3/q+2. The van der Waals surface area contributed by atoms with Gasteiger partial charge in [-0.15, -0.1) is 0 Å². The van der Waals surface area contributed by atoms with Crippen molar-refractivity contribution in [3.63, 3.8) is 0 Å². The Balaban J connectivity index is 2.02. The summed E-state index contributed by atoms with van der Waals surface area (Å²) >= 11 is 0. The lowest BCUT2D eigenvalue weighted by Crippen LogP contribution is -2.58. The Morgan fingerprint density at radius 1 is 0.559 bits per heavy atom. The number of quaternary nitrogens is 2. The average molecular weight is 482 g/mol. The van der Waals surface area contributed by atoms with Crippen molar-refractivity contribution in [2.75, 3.05) is 73.5 Å².